The van der Waals surface area contributed by atoms with Crippen molar-refractivity contribution in [1.82, 2.24) is 0 Å². The van der Waals surface area contributed by atoms with E-state index in [9.17, 15) is 9.90 Å². The molecule has 2 unspecified atom stereocenters. The number of carbonyl (C=O) groups is 1. The van der Waals surface area contributed by atoms with Crippen molar-refractivity contribution in [2.24, 2.45) is 0 Å². The highest BCUT2D eigenvalue weighted by atomic mass is 35.5. The van der Waals surface area contributed by atoms with Crippen LogP contribution in [0.15, 0.2) is 109 Å². The molecule has 0 aliphatic carbocycles. The van der Waals surface area contributed by atoms with Gasteiger partial charge in [0.2, 0.25) is 5.91 Å². The quantitative estimate of drug-likeness (QED) is 0.364. The summed E-state index contributed by atoms with van der Waals surface area (Å²) in [6.45, 7) is 0. The van der Waals surface area contributed by atoms with Crippen molar-refractivity contribution in [3.8, 4) is 5.75 Å². The van der Waals surface area contributed by atoms with E-state index in [-0.39, 0.29) is 17.6 Å². The Morgan fingerprint density at radius 1 is 0.677 bits per heavy atom. The Bertz CT molecular complexity index is 1130. The van der Waals surface area contributed by atoms with Gasteiger partial charge in [-0.15, -0.1) is 0 Å². The molecule has 4 heteroatoms. The van der Waals surface area contributed by atoms with Gasteiger partial charge in [0.25, 0.3) is 0 Å². The van der Waals surface area contributed by atoms with Crippen LogP contribution in [0.4, 0.5) is 5.69 Å². The lowest BCUT2D eigenvalue weighted by Crippen LogP contribution is -2.27. The first-order valence-electron chi connectivity index (χ1n) is 10.1. The van der Waals surface area contributed by atoms with E-state index >= 15 is 0 Å². The van der Waals surface area contributed by atoms with Crippen LogP contribution in [0.25, 0.3) is 0 Å². The zero-order chi connectivity index (χ0) is 21.6. The molecule has 4 rings (SSSR count). The molecule has 2 N–H and O–H groups in total. The third kappa shape index (κ3) is 4.96. The minimum absolute atomic E-state index is 0.124. The number of rotatable bonds is 6. The number of anilines is 1. The number of carbonyl (C=O) groups excluding carboxylic acids is 1. The summed E-state index contributed by atoms with van der Waals surface area (Å²) < 4.78 is 0. The summed E-state index contributed by atoms with van der Waals surface area (Å²) in [4.78, 5) is 13.7. The van der Waals surface area contributed by atoms with Crippen molar-refractivity contribution in [2.75, 3.05) is 5.32 Å². The Morgan fingerprint density at radius 2 is 1.19 bits per heavy atom. The number of amides is 1. The predicted molar refractivity (Wildman–Crippen MR) is 126 cm³/mol. The summed E-state index contributed by atoms with van der Waals surface area (Å²) in [6.07, 6.45) is 0. The Hall–Kier alpha value is -3.56. The number of aromatic hydroxyl groups is 1. The Labute approximate surface area is 187 Å². The van der Waals surface area contributed by atoms with E-state index in [2.05, 4.69) is 5.32 Å². The van der Waals surface area contributed by atoms with Crippen molar-refractivity contribution in [3.63, 3.8) is 0 Å². The second-order valence-electron chi connectivity index (χ2n) is 7.36. The highest BCUT2D eigenvalue weighted by Gasteiger charge is 2.32. The normalized spacial score (nSPS) is 12.7. The van der Waals surface area contributed by atoms with Gasteiger partial charge in [-0.2, -0.15) is 0 Å². The van der Waals surface area contributed by atoms with E-state index in [0.717, 1.165) is 22.4 Å². The van der Waals surface area contributed by atoms with Crippen LogP contribution < -0.4 is 5.32 Å². The lowest BCUT2D eigenvalue weighted by Gasteiger charge is -2.28. The van der Waals surface area contributed by atoms with Crippen LogP contribution in [0, 0.1) is 0 Å². The third-order valence-electron chi connectivity index (χ3n) is 5.30. The van der Waals surface area contributed by atoms with E-state index in [0.29, 0.717) is 5.02 Å². The molecule has 0 radical (unpaired) electrons. The molecule has 0 fully saturated rings. The molecule has 2 atom stereocenters. The van der Waals surface area contributed by atoms with Crippen molar-refractivity contribution >= 4 is 23.2 Å². The Morgan fingerprint density at radius 3 is 1.81 bits per heavy atom. The Balaban J connectivity index is 1.84. The van der Waals surface area contributed by atoms with Crippen molar-refractivity contribution in [1.29, 1.82) is 0 Å². The maximum absolute atomic E-state index is 13.7. The molecule has 4 aromatic carbocycles. The molecule has 0 aromatic heterocycles. The van der Waals surface area contributed by atoms with E-state index in [4.69, 9.17) is 11.6 Å². The first kappa shape index (κ1) is 20.7. The Kier molecular flexibility index (Phi) is 6.34. The summed E-state index contributed by atoms with van der Waals surface area (Å²) in [6, 6.07) is 33.8. The van der Waals surface area contributed by atoms with Gasteiger partial charge in [-0.3, -0.25) is 4.79 Å². The first-order chi connectivity index (χ1) is 15.1. The van der Waals surface area contributed by atoms with E-state index in [1.807, 2.05) is 84.9 Å². The van der Waals surface area contributed by atoms with Crippen LogP contribution in [0.2, 0.25) is 5.02 Å². The van der Waals surface area contributed by atoms with Gasteiger partial charge in [-0.25, -0.2) is 0 Å². The summed E-state index contributed by atoms with van der Waals surface area (Å²) >= 11 is 6.14. The lowest BCUT2D eigenvalue weighted by molar-refractivity contribution is -0.117. The van der Waals surface area contributed by atoms with Crippen molar-refractivity contribution in [3.05, 3.63) is 131 Å². The minimum atomic E-state index is -0.524. The number of benzene rings is 4. The lowest BCUT2D eigenvalue weighted by atomic mass is 9.76. The average Bonchev–Trinajstić information content (AvgIpc) is 2.80. The van der Waals surface area contributed by atoms with Crippen molar-refractivity contribution in [2.45, 2.75) is 11.8 Å². The van der Waals surface area contributed by atoms with Crippen LogP contribution >= 0.6 is 11.6 Å². The molecule has 0 heterocycles. The van der Waals surface area contributed by atoms with Crippen LogP contribution in [-0.4, -0.2) is 11.0 Å². The molecule has 4 aromatic rings. The third-order valence-corrected chi connectivity index (χ3v) is 5.55. The van der Waals surface area contributed by atoms with Gasteiger partial charge in [0.1, 0.15) is 5.75 Å². The second kappa shape index (κ2) is 9.50. The maximum Gasteiger partial charge on any atom is 0.232 e. The fourth-order valence-electron chi connectivity index (χ4n) is 3.83. The van der Waals surface area contributed by atoms with Gasteiger partial charge in [-0.1, -0.05) is 84.4 Å². The average molecular weight is 428 g/mol. The molecular weight excluding hydrogens is 406 g/mol. The molecule has 0 saturated heterocycles. The number of halogens is 1. The standard InChI is InChI=1S/C27H22ClNO2/c28-22-15-11-20(12-16-22)25(19-7-3-1-4-8-19)26(21-13-17-24(30)18-14-21)27(31)29-23-9-5-2-6-10-23/h1-18,25-26,30H,(H,29,31). The smallest absolute Gasteiger partial charge is 0.232 e. The van der Waals surface area contributed by atoms with E-state index in [1.165, 1.54) is 0 Å². The SMILES string of the molecule is O=C(Nc1ccccc1)C(c1ccc(O)cc1)C(c1ccccc1)c1ccc(Cl)cc1. The fraction of sp³-hybridized carbons (Fsp3) is 0.0741. The molecule has 0 spiro atoms. The largest absolute Gasteiger partial charge is 0.508 e. The molecule has 3 nitrogen and oxygen atoms in total. The van der Waals surface area contributed by atoms with Gasteiger partial charge in [0.15, 0.2) is 0 Å². The van der Waals surface area contributed by atoms with Gasteiger partial charge < -0.3 is 10.4 Å². The van der Waals surface area contributed by atoms with Crippen LogP contribution in [0.3, 0.4) is 0 Å². The molecule has 31 heavy (non-hydrogen) atoms. The van der Waals surface area contributed by atoms with Gasteiger partial charge in [0, 0.05) is 16.6 Å². The molecular formula is C27H22ClNO2. The monoisotopic (exact) mass is 427 g/mol. The number of hydrogen-bond acceptors (Lipinski definition) is 2. The van der Waals surface area contributed by atoms with E-state index in [1.54, 1.807) is 24.3 Å². The zero-order valence-corrected chi connectivity index (χ0v) is 17.5. The summed E-state index contributed by atoms with van der Waals surface area (Å²) in [5, 5.41) is 13.5. The highest BCUT2D eigenvalue weighted by molar-refractivity contribution is 6.30. The fourth-order valence-corrected chi connectivity index (χ4v) is 3.95. The van der Waals surface area contributed by atoms with Crippen LogP contribution in [0.5, 0.6) is 5.75 Å². The van der Waals surface area contributed by atoms with E-state index < -0.39 is 5.92 Å². The predicted octanol–water partition coefficient (Wildman–Crippen LogP) is 6.60. The highest BCUT2D eigenvalue weighted by Crippen LogP contribution is 2.40. The number of phenols is 1. The number of nitrogens with one attached hydrogen (secondary N) is 1. The van der Waals surface area contributed by atoms with Crippen LogP contribution in [-0.2, 0) is 4.79 Å². The van der Waals surface area contributed by atoms with Crippen LogP contribution in [0.1, 0.15) is 28.5 Å². The summed E-state index contributed by atoms with van der Waals surface area (Å²) in [5.74, 6) is -0.731. The number of phenolic OH excluding ortho intramolecular Hbond substituents is 1. The van der Waals surface area contributed by atoms with Gasteiger partial charge in [0.05, 0.1) is 5.92 Å². The first-order valence-corrected chi connectivity index (χ1v) is 10.4. The zero-order valence-electron chi connectivity index (χ0n) is 16.8. The molecule has 0 saturated carbocycles. The molecule has 154 valence electrons. The van der Waals surface area contributed by atoms with Crippen molar-refractivity contribution < 1.29 is 9.90 Å². The summed E-state index contributed by atoms with van der Waals surface area (Å²) in [5.41, 5.74) is 3.55. The summed E-state index contributed by atoms with van der Waals surface area (Å²) in [7, 11) is 0. The van der Waals surface area contributed by atoms with Gasteiger partial charge >= 0.3 is 0 Å². The molecule has 1 amide bonds. The number of hydrogen-bond donors (Lipinski definition) is 2. The molecule has 0 bridgehead atoms. The second-order valence-corrected chi connectivity index (χ2v) is 7.80. The molecule has 0 aliphatic rings. The topological polar surface area (TPSA) is 49.3 Å². The minimum Gasteiger partial charge on any atom is -0.508 e. The maximum atomic E-state index is 13.7. The van der Waals surface area contributed by atoms with Gasteiger partial charge in [-0.05, 0) is 53.1 Å². The molecule has 0 aliphatic heterocycles. The number of para-hydroxylation sites is 1.